The largest absolute Gasteiger partial charge is 0.103 e. The van der Waals surface area contributed by atoms with Gasteiger partial charge in [-0.3, -0.25) is 0 Å². The molecule has 0 saturated heterocycles. The zero-order valence-corrected chi connectivity index (χ0v) is 12.7. The Labute approximate surface area is 132 Å². The van der Waals surface area contributed by atoms with E-state index in [1.165, 1.54) is 27.8 Å². The Morgan fingerprint density at radius 3 is 1.86 bits per heavy atom. The lowest BCUT2D eigenvalue weighted by atomic mass is 9.91. The molecule has 0 heterocycles. The number of hydrogen-bond acceptors (Lipinski definition) is 0. The molecule has 3 aromatic rings. The molecular formula is C22H20. The summed E-state index contributed by atoms with van der Waals surface area (Å²) in [7, 11) is 0. The van der Waals surface area contributed by atoms with Gasteiger partial charge in [0.1, 0.15) is 0 Å². The van der Waals surface area contributed by atoms with Crippen molar-refractivity contribution in [2.45, 2.75) is 12.8 Å². The highest BCUT2D eigenvalue weighted by Gasteiger charge is 2.08. The lowest BCUT2D eigenvalue weighted by Gasteiger charge is -2.13. The number of allylic oxidation sites excluding steroid dienone is 1. The van der Waals surface area contributed by atoms with Crippen LogP contribution in [0.4, 0.5) is 0 Å². The molecule has 22 heavy (non-hydrogen) atoms. The van der Waals surface area contributed by atoms with E-state index < -0.39 is 0 Å². The van der Waals surface area contributed by atoms with E-state index >= 15 is 0 Å². The van der Waals surface area contributed by atoms with Gasteiger partial charge >= 0.3 is 0 Å². The average Bonchev–Trinajstić information content (AvgIpc) is 2.57. The van der Waals surface area contributed by atoms with Crippen LogP contribution < -0.4 is 0 Å². The quantitative estimate of drug-likeness (QED) is 0.529. The van der Waals surface area contributed by atoms with Crippen LogP contribution in [0.2, 0.25) is 0 Å². The molecule has 0 bridgehead atoms. The van der Waals surface area contributed by atoms with Gasteiger partial charge in [0.25, 0.3) is 0 Å². The first kappa shape index (κ1) is 14.3. The summed E-state index contributed by atoms with van der Waals surface area (Å²) in [5.41, 5.74) is 6.68. The third-order valence-corrected chi connectivity index (χ3v) is 3.93. The Bertz CT molecular complexity index is 754. The average molecular weight is 284 g/mol. The normalized spacial score (nSPS) is 10.4. The van der Waals surface area contributed by atoms with Gasteiger partial charge in [-0.1, -0.05) is 84.9 Å². The summed E-state index contributed by atoms with van der Waals surface area (Å²) in [5, 5.41) is 0. The molecule has 0 spiro atoms. The van der Waals surface area contributed by atoms with Gasteiger partial charge in [-0.15, -0.1) is 6.58 Å². The van der Waals surface area contributed by atoms with Crippen LogP contribution in [-0.4, -0.2) is 0 Å². The molecule has 0 unspecified atom stereocenters. The smallest absolute Gasteiger partial charge is 0.00196 e. The molecule has 3 aromatic carbocycles. The van der Waals surface area contributed by atoms with Crippen molar-refractivity contribution < 1.29 is 0 Å². The number of rotatable bonds is 5. The van der Waals surface area contributed by atoms with Crippen LogP contribution >= 0.6 is 0 Å². The van der Waals surface area contributed by atoms with Gasteiger partial charge in [-0.2, -0.15) is 0 Å². The summed E-state index contributed by atoms with van der Waals surface area (Å²) < 4.78 is 0. The summed E-state index contributed by atoms with van der Waals surface area (Å²) in [6.45, 7) is 3.88. The Morgan fingerprint density at radius 2 is 1.18 bits per heavy atom. The minimum absolute atomic E-state index is 0.899. The van der Waals surface area contributed by atoms with Gasteiger partial charge in [0, 0.05) is 0 Å². The highest BCUT2D eigenvalue weighted by Crippen LogP contribution is 2.29. The summed E-state index contributed by atoms with van der Waals surface area (Å²) in [5.74, 6) is 0. The van der Waals surface area contributed by atoms with Crippen molar-refractivity contribution in [2.24, 2.45) is 0 Å². The number of benzene rings is 3. The molecule has 0 heteroatoms. The zero-order valence-electron chi connectivity index (χ0n) is 12.7. The summed E-state index contributed by atoms with van der Waals surface area (Å²) in [4.78, 5) is 0. The van der Waals surface area contributed by atoms with Crippen molar-refractivity contribution in [3.63, 3.8) is 0 Å². The zero-order chi connectivity index (χ0) is 15.2. The van der Waals surface area contributed by atoms with Crippen LogP contribution in [-0.2, 0) is 12.8 Å². The fraction of sp³-hybridized carbons (Fsp3) is 0.0909. The van der Waals surface area contributed by atoms with E-state index in [-0.39, 0.29) is 0 Å². The summed E-state index contributed by atoms with van der Waals surface area (Å²) >= 11 is 0. The van der Waals surface area contributed by atoms with E-state index in [4.69, 9.17) is 0 Å². The third-order valence-electron chi connectivity index (χ3n) is 3.93. The Morgan fingerprint density at radius 1 is 0.636 bits per heavy atom. The van der Waals surface area contributed by atoms with E-state index in [0.29, 0.717) is 0 Å². The molecule has 0 fully saturated rings. The van der Waals surface area contributed by atoms with Crippen molar-refractivity contribution in [3.8, 4) is 11.1 Å². The van der Waals surface area contributed by atoms with Gasteiger partial charge in [-0.25, -0.2) is 0 Å². The predicted molar refractivity (Wildman–Crippen MR) is 95.0 cm³/mol. The van der Waals surface area contributed by atoms with Gasteiger partial charge in [0.15, 0.2) is 0 Å². The Balaban J connectivity index is 2.03. The molecular weight excluding hydrogens is 264 g/mol. The van der Waals surface area contributed by atoms with Crippen LogP contribution in [0.1, 0.15) is 16.7 Å². The SMILES string of the molecule is C=CCc1ccccc1-c1ccccc1Cc1ccccc1. The minimum atomic E-state index is 0.899. The Hall–Kier alpha value is -2.60. The number of hydrogen-bond donors (Lipinski definition) is 0. The Kier molecular flexibility index (Phi) is 4.50. The van der Waals surface area contributed by atoms with Crippen molar-refractivity contribution in [1.82, 2.24) is 0 Å². The second kappa shape index (κ2) is 6.91. The topological polar surface area (TPSA) is 0 Å². The third kappa shape index (κ3) is 3.17. The van der Waals surface area contributed by atoms with E-state index in [2.05, 4.69) is 85.4 Å². The molecule has 108 valence electrons. The van der Waals surface area contributed by atoms with Crippen LogP contribution in [0.25, 0.3) is 11.1 Å². The maximum Gasteiger partial charge on any atom is -0.00196 e. The van der Waals surface area contributed by atoms with Gasteiger partial charge in [0.05, 0.1) is 0 Å². The molecule has 0 saturated carbocycles. The molecule has 0 radical (unpaired) electrons. The molecule has 0 aliphatic heterocycles. The highest BCUT2D eigenvalue weighted by atomic mass is 14.1. The first-order valence-electron chi connectivity index (χ1n) is 7.69. The van der Waals surface area contributed by atoms with E-state index in [1.807, 2.05) is 6.08 Å². The fourth-order valence-corrected chi connectivity index (χ4v) is 2.87. The van der Waals surface area contributed by atoms with Crippen molar-refractivity contribution in [3.05, 3.63) is 108 Å². The maximum atomic E-state index is 3.88. The van der Waals surface area contributed by atoms with E-state index in [0.717, 1.165) is 12.8 Å². The van der Waals surface area contributed by atoms with Gasteiger partial charge in [-0.05, 0) is 40.7 Å². The van der Waals surface area contributed by atoms with Crippen molar-refractivity contribution in [1.29, 1.82) is 0 Å². The molecule has 0 aliphatic rings. The first-order chi connectivity index (χ1) is 10.9. The molecule has 0 amide bonds. The van der Waals surface area contributed by atoms with Crippen LogP contribution in [0.15, 0.2) is 91.5 Å². The first-order valence-corrected chi connectivity index (χ1v) is 7.69. The van der Waals surface area contributed by atoms with Crippen molar-refractivity contribution in [2.75, 3.05) is 0 Å². The fourth-order valence-electron chi connectivity index (χ4n) is 2.87. The summed E-state index contributed by atoms with van der Waals surface area (Å²) in [6.07, 6.45) is 3.83. The van der Waals surface area contributed by atoms with Crippen LogP contribution in [0.5, 0.6) is 0 Å². The lowest BCUT2D eigenvalue weighted by Crippen LogP contribution is -1.95. The van der Waals surface area contributed by atoms with Crippen LogP contribution in [0.3, 0.4) is 0 Å². The molecule has 0 aliphatic carbocycles. The molecule has 0 atom stereocenters. The maximum absolute atomic E-state index is 3.88. The predicted octanol–water partition coefficient (Wildman–Crippen LogP) is 5.67. The minimum Gasteiger partial charge on any atom is -0.103 e. The van der Waals surface area contributed by atoms with E-state index in [9.17, 15) is 0 Å². The second-order valence-electron chi connectivity index (χ2n) is 5.47. The van der Waals surface area contributed by atoms with Crippen LogP contribution in [0, 0.1) is 0 Å². The van der Waals surface area contributed by atoms with Gasteiger partial charge in [0.2, 0.25) is 0 Å². The van der Waals surface area contributed by atoms with Gasteiger partial charge < -0.3 is 0 Å². The molecule has 3 rings (SSSR count). The van der Waals surface area contributed by atoms with Crippen molar-refractivity contribution >= 4 is 0 Å². The molecule has 0 N–H and O–H groups in total. The lowest BCUT2D eigenvalue weighted by molar-refractivity contribution is 1.19. The molecule has 0 aromatic heterocycles. The van der Waals surface area contributed by atoms with E-state index in [1.54, 1.807) is 0 Å². The summed E-state index contributed by atoms with van der Waals surface area (Å²) in [6, 6.07) is 27.9. The second-order valence-corrected chi connectivity index (χ2v) is 5.47. The monoisotopic (exact) mass is 284 g/mol. The molecule has 0 nitrogen and oxygen atoms in total. The highest BCUT2D eigenvalue weighted by molar-refractivity contribution is 5.71. The standard InChI is InChI=1S/C22H20/c1-2-10-19-13-6-8-15-21(19)22-16-9-7-14-20(22)17-18-11-4-3-5-12-18/h2-9,11-16H,1,10,17H2.